The Bertz CT molecular complexity index is 333. The first-order chi connectivity index (χ1) is 8.17. The van der Waals surface area contributed by atoms with E-state index in [1.54, 1.807) is 0 Å². The van der Waals surface area contributed by atoms with Gasteiger partial charge in [0, 0.05) is 6.42 Å². The highest BCUT2D eigenvalue weighted by Crippen LogP contribution is 2.12. The summed E-state index contributed by atoms with van der Waals surface area (Å²) >= 11 is 0. The first kappa shape index (κ1) is 13.7. The van der Waals surface area contributed by atoms with Crippen LogP contribution in [0.1, 0.15) is 38.3 Å². The fourth-order valence-electron chi connectivity index (χ4n) is 1.78. The van der Waals surface area contributed by atoms with E-state index >= 15 is 0 Å². The smallest absolute Gasteiger partial charge is 0.220 e. The van der Waals surface area contributed by atoms with Crippen LogP contribution in [0.2, 0.25) is 0 Å². The molecule has 3 N–H and O–H groups in total. The molecule has 1 rings (SSSR count). The van der Waals surface area contributed by atoms with Crippen molar-refractivity contribution in [3.63, 3.8) is 0 Å². The summed E-state index contributed by atoms with van der Waals surface area (Å²) in [6.45, 7) is 4.63. The van der Waals surface area contributed by atoms with Crippen LogP contribution in [0.4, 0.5) is 0 Å². The fraction of sp³-hybridized carbons (Fsp3) is 0.500. The monoisotopic (exact) mass is 234 g/mol. The molecule has 1 unspecified atom stereocenters. The molecule has 0 heterocycles. The molecule has 0 saturated heterocycles. The highest BCUT2D eigenvalue weighted by atomic mass is 16.1. The first-order valence-electron chi connectivity index (χ1n) is 6.21. The minimum absolute atomic E-state index is 0.0546. The van der Waals surface area contributed by atoms with Crippen molar-refractivity contribution in [2.45, 2.75) is 32.7 Å². The molecule has 0 aliphatic carbocycles. The second-order valence-corrected chi connectivity index (χ2v) is 4.41. The van der Waals surface area contributed by atoms with E-state index in [0.29, 0.717) is 13.0 Å². The lowest BCUT2D eigenvalue weighted by Gasteiger charge is -2.17. The van der Waals surface area contributed by atoms with E-state index in [1.165, 1.54) is 0 Å². The van der Waals surface area contributed by atoms with Crippen molar-refractivity contribution in [1.82, 2.24) is 5.32 Å². The lowest BCUT2D eigenvalue weighted by molar-refractivity contribution is -0.122. The van der Waals surface area contributed by atoms with Crippen molar-refractivity contribution in [2.24, 2.45) is 11.7 Å². The molecular weight excluding hydrogens is 212 g/mol. The first-order valence-corrected chi connectivity index (χ1v) is 6.21. The van der Waals surface area contributed by atoms with Crippen molar-refractivity contribution < 1.29 is 4.79 Å². The van der Waals surface area contributed by atoms with Gasteiger partial charge in [0.15, 0.2) is 0 Å². The summed E-state index contributed by atoms with van der Waals surface area (Å²) in [5.74, 6) is 0.372. The van der Waals surface area contributed by atoms with Gasteiger partial charge in [-0.2, -0.15) is 0 Å². The number of hydrogen-bond donors (Lipinski definition) is 2. The van der Waals surface area contributed by atoms with E-state index in [0.717, 1.165) is 12.0 Å². The van der Waals surface area contributed by atoms with Crippen molar-refractivity contribution >= 4 is 5.91 Å². The molecule has 0 aromatic heterocycles. The van der Waals surface area contributed by atoms with Crippen LogP contribution in [0.15, 0.2) is 30.3 Å². The Kier molecular flexibility index (Phi) is 5.70. The number of amides is 1. The number of carbonyl (C=O) groups excluding carboxylic acids is 1. The van der Waals surface area contributed by atoms with Gasteiger partial charge < -0.3 is 11.1 Å². The molecule has 3 heteroatoms. The van der Waals surface area contributed by atoms with Gasteiger partial charge in [-0.1, -0.05) is 43.7 Å². The SMILES string of the molecule is CCC(CN)CC(=O)N[C@H](C)c1ccccc1. The van der Waals surface area contributed by atoms with E-state index in [1.807, 2.05) is 37.3 Å². The average Bonchev–Trinajstić information content (AvgIpc) is 2.37. The maximum atomic E-state index is 11.8. The molecular formula is C14H22N2O. The van der Waals surface area contributed by atoms with Crippen molar-refractivity contribution in [3.05, 3.63) is 35.9 Å². The van der Waals surface area contributed by atoms with Gasteiger partial charge in [-0.05, 0) is 24.9 Å². The van der Waals surface area contributed by atoms with Gasteiger partial charge in [0.2, 0.25) is 5.91 Å². The van der Waals surface area contributed by atoms with Crippen LogP contribution in [0, 0.1) is 5.92 Å². The quantitative estimate of drug-likeness (QED) is 0.793. The van der Waals surface area contributed by atoms with Gasteiger partial charge >= 0.3 is 0 Å². The summed E-state index contributed by atoms with van der Waals surface area (Å²) in [4.78, 5) is 11.8. The number of hydrogen-bond acceptors (Lipinski definition) is 2. The van der Waals surface area contributed by atoms with Gasteiger partial charge in [-0.15, -0.1) is 0 Å². The number of nitrogens with two attached hydrogens (primary N) is 1. The Morgan fingerprint density at radius 1 is 1.35 bits per heavy atom. The zero-order chi connectivity index (χ0) is 12.7. The maximum absolute atomic E-state index is 11.8. The van der Waals surface area contributed by atoms with Gasteiger partial charge in [0.05, 0.1) is 6.04 Å². The molecule has 1 aromatic rings. The molecule has 0 aliphatic rings. The third-order valence-corrected chi connectivity index (χ3v) is 3.06. The zero-order valence-corrected chi connectivity index (χ0v) is 10.6. The predicted molar refractivity (Wildman–Crippen MR) is 70.5 cm³/mol. The lowest BCUT2D eigenvalue weighted by atomic mass is 10.0. The zero-order valence-electron chi connectivity index (χ0n) is 10.6. The second-order valence-electron chi connectivity index (χ2n) is 4.41. The van der Waals surface area contributed by atoms with Gasteiger partial charge in [-0.25, -0.2) is 0 Å². The van der Waals surface area contributed by atoms with Crippen LogP contribution in [0.3, 0.4) is 0 Å². The third kappa shape index (κ3) is 4.57. The number of rotatable bonds is 6. The molecule has 94 valence electrons. The Balaban J connectivity index is 2.46. The van der Waals surface area contributed by atoms with Crippen LogP contribution < -0.4 is 11.1 Å². The number of carbonyl (C=O) groups is 1. The van der Waals surface area contributed by atoms with Gasteiger partial charge in [0.1, 0.15) is 0 Å². The van der Waals surface area contributed by atoms with E-state index < -0.39 is 0 Å². The van der Waals surface area contributed by atoms with E-state index in [9.17, 15) is 4.79 Å². The standard InChI is InChI=1S/C14H22N2O/c1-3-12(10-15)9-14(17)16-11(2)13-7-5-4-6-8-13/h4-8,11-12H,3,9-10,15H2,1-2H3,(H,16,17)/t11-,12?/m1/s1. The lowest BCUT2D eigenvalue weighted by Crippen LogP contribution is -2.30. The number of benzene rings is 1. The predicted octanol–water partition coefficient (Wildman–Crippen LogP) is 2.24. The molecule has 0 radical (unpaired) electrons. The molecule has 0 fully saturated rings. The Hall–Kier alpha value is -1.35. The van der Waals surface area contributed by atoms with Crippen LogP contribution in [0.25, 0.3) is 0 Å². The molecule has 0 saturated carbocycles. The van der Waals surface area contributed by atoms with Crippen molar-refractivity contribution in [1.29, 1.82) is 0 Å². The molecule has 3 nitrogen and oxygen atoms in total. The Labute approximate surface area is 103 Å². The van der Waals surface area contributed by atoms with Crippen LogP contribution in [0.5, 0.6) is 0 Å². The van der Waals surface area contributed by atoms with Gasteiger partial charge in [0.25, 0.3) is 0 Å². The summed E-state index contributed by atoms with van der Waals surface area (Å²) in [6.07, 6.45) is 1.47. The summed E-state index contributed by atoms with van der Waals surface area (Å²) in [5, 5.41) is 3.00. The molecule has 1 aromatic carbocycles. The summed E-state index contributed by atoms with van der Waals surface area (Å²) in [7, 11) is 0. The third-order valence-electron chi connectivity index (χ3n) is 3.06. The molecule has 1 amide bonds. The van der Waals surface area contributed by atoms with E-state index in [2.05, 4.69) is 12.2 Å². The van der Waals surface area contributed by atoms with Crippen LogP contribution in [-0.2, 0) is 4.79 Å². The molecule has 0 bridgehead atoms. The molecule has 17 heavy (non-hydrogen) atoms. The minimum atomic E-state index is 0.0546. The number of nitrogens with one attached hydrogen (secondary N) is 1. The average molecular weight is 234 g/mol. The van der Waals surface area contributed by atoms with Crippen LogP contribution in [-0.4, -0.2) is 12.5 Å². The van der Waals surface area contributed by atoms with E-state index in [4.69, 9.17) is 5.73 Å². The van der Waals surface area contributed by atoms with Crippen LogP contribution >= 0.6 is 0 Å². The van der Waals surface area contributed by atoms with E-state index in [-0.39, 0.29) is 17.9 Å². The van der Waals surface area contributed by atoms with Gasteiger partial charge in [-0.3, -0.25) is 4.79 Å². The van der Waals surface area contributed by atoms with Crippen molar-refractivity contribution in [2.75, 3.05) is 6.54 Å². The fourth-order valence-corrected chi connectivity index (χ4v) is 1.78. The normalized spacial score (nSPS) is 14.1. The summed E-state index contributed by atoms with van der Waals surface area (Å²) in [6, 6.07) is 10.0. The summed E-state index contributed by atoms with van der Waals surface area (Å²) < 4.78 is 0. The Morgan fingerprint density at radius 2 is 2.00 bits per heavy atom. The maximum Gasteiger partial charge on any atom is 0.220 e. The molecule has 2 atom stereocenters. The highest BCUT2D eigenvalue weighted by Gasteiger charge is 2.13. The topological polar surface area (TPSA) is 55.1 Å². The molecule has 0 spiro atoms. The highest BCUT2D eigenvalue weighted by molar-refractivity contribution is 5.76. The van der Waals surface area contributed by atoms with Crippen molar-refractivity contribution in [3.8, 4) is 0 Å². The largest absolute Gasteiger partial charge is 0.350 e. The summed E-state index contributed by atoms with van der Waals surface area (Å²) in [5.41, 5.74) is 6.72. The second kappa shape index (κ2) is 7.07. The molecule has 0 aliphatic heterocycles. The minimum Gasteiger partial charge on any atom is -0.350 e. The Morgan fingerprint density at radius 3 is 2.53 bits per heavy atom.